The van der Waals surface area contributed by atoms with E-state index >= 15 is 0 Å². The van der Waals surface area contributed by atoms with Gasteiger partial charge >= 0.3 is 0 Å². The lowest BCUT2D eigenvalue weighted by Gasteiger charge is -2.30. The minimum Gasteiger partial charge on any atom is -0.487 e. The fourth-order valence-electron chi connectivity index (χ4n) is 2.06. The predicted octanol–water partition coefficient (Wildman–Crippen LogP) is 5.46. The average Bonchev–Trinajstić information content (AvgIpc) is 2.40. The first kappa shape index (κ1) is 14.8. The van der Waals surface area contributed by atoms with E-state index in [9.17, 15) is 0 Å². The van der Waals surface area contributed by atoms with Gasteiger partial charge in [-0.2, -0.15) is 0 Å². The molecule has 0 aliphatic carbocycles. The van der Waals surface area contributed by atoms with E-state index < -0.39 is 0 Å². The van der Waals surface area contributed by atoms with Gasteiger partial charge in [-0.1, -0.05) is 57.5 Å². The fourth-order valence-corrected chi connectivity index (χ4v) is 2.06. The maximum Gasteiger partial charge on any atom is 0.127 e. The van der Waals surface area contributed by atoms with Crippen molar-refractivity contribution in [2.45, 2.75) is 58.5 Å². The minimum atomic E-state index is -0.0612. The quantitative estimate of drug-likeness (QED) is 0.554. The van der Waals surface area contributed by atoms with Crippen molar-refractivity contribution in [3.8, 4) is 5.75 Å². The van der Waals surface area contributed by atoms with Crippen LogP contribution in [0.1, 0.15) is 58.4 Å². The van der Waals surface area contributed by atoms with Crippen LogP contribution >= 0.6 is 0 Å². The van der Waals surface area contributed by atoms with Crippen LogP contribution in [0.2, 0.25) is 0 Å². The Balaban J connectivity index is 2.74. The number of hydrogen-bond acceptors (Lipinski definition) is 1. The van der Waals surface area contributed by atoms with E-state index in [1.54, 1.807) is 0 Å². The zero-order chi connectivity index (χ0) is 13.4. The van der Waals surface area contributed by atoms with Crippen molar-refractivity contribution in [3.05, 3.63) is 36.4 Å². The summed E-state index contributed by atoms with van der Waals surface area (Å²) in [6.07, 6.45) is 7.77. The second kappa shape index (κ2) is 7.25. The maximum atomic E-state index is 6.25. The van der Waals surface area contributed by atoms with Crippen LogP contribution in [-0.2, 0) is 0 Å². The van der Waals surface area contributed by atoms with E-state index in [4.69, 9.17) is 4.74 Å². The van der Waals surface area contributed by atoms with Crippen molar-refractivity contribution in [2.24, 2.45) is 0 Å². The number of benzene rings is 1. The summed E-state index contributed by atoms with van der Waals surface area (Å²) in [7, 11) is 0. The van der Waals surface area contributed by atoms with Crippen LogP contribution in [0.15, 0.2) is 30.8 Å². The van der Waals surface area contributed by atoms with Gasteiger partial charge in [0.05, 0.1) is 0 Å². The Morgan fingerprint density at radius 3 is 2.56 bits per heavy atom. The van der Waals surface area contributed by atoms with Gasteiger partial charge in [0.1, 0.15) is 11.4 Å². The van der Waals surface area contributed by atoms with Gasteiger partial charge in [0.2, 0.25) is 0 Å². The lowest BCUT2D eigenvalue weighted by Crippen LogP contribution is -2.31. The van der Waals surface area contributed by atoms with Crippen molar-refractivity contribution in [1.29, 1.82) is 0 Å². The van der Waals surface area contributed by atoms with Crippen LogP contribution in [0.4, 0.5) is 0 Å². The Morgan fingerprint density at radius 2 is 1.94 bits per heavy atom. The molecule has 100 valence electrons. The van der Waals surface area contributed by atoms with Crippen LogP contribution in [0.5, 0.6) is 5.75 Å². The summed E-state index contributed by atoms with van der Waals surface area (Å²) < 4.78 is 6.25. The van der Waals surface area contributed by atoms with Crippen molar-refractivity contribution in [3.63, 3.8) is 0 Å². The van der Waals surface area contributed by atoms with Crippen LogP contribution in [0.25, 0.3) is 6.08 Å². The first-order chi connectivity index (χ1) is 8.65. The molecule has 0 N–H and O–H groups in total. The summed E-state index contributed by atoms with van der Waals surface area (Å²) in [6, 6.07) is 8.11. The molecule has 0 aliphatic heterocycles. The number of unbranched alkanes of at least 4 members (excludes halogenated alkanes) is 2. The number of para-hydroxylation sites is 1. The van der Waals surface area contributed by atoms with Gasteiger partial charge in [0.25, 0.3) is 0 Å². The summed E-state index contributed by atoms with van der Waals surface area (Å²) in [5, 5.41) is 0. The topological polar surface area (TPSA) is 9.23 Å². The van der Waals surface area contributed by atoms with E-state index in [0.29, 0.717) is 0 Å². The van der Waals surface area contributed by atoms with Crippen LogP contribution in [-0.4, -0.2) is 5.60 Å². The van der Waals surface area contributed by atoms with Gasteiger partial charge in [-0.3, -0.25) is 0 Å². The van der Waals surface area contributed by atoms with E-state index in [1.165, 1.54) is 19.3 Å². The SMILES string of the molecule is C=Cc1ccccc1OC(C)(CC)CCCCC. The molecular weight excluding hydrogens is 220 g/mol. The van der Waals surface area contributed by atoms with Gasteiger partial charge in [0.15, 0.2) is 0 Å². The molecule has 0 amide bonds. The van der Waals surface area contributed by atoms with Crippen LogP contribution < -0.4 is 4.74 Å². The molecule has 1 heteroatoms. The van der Waals surface area contributed by atoms with Gasteiger partial charge < -0.3 is 4.74 Å². The Kier molecular flexibility index (Phi) is 5.97. The standard InChI is InChI=1S/C17H26O/c1-5-8-11-14-17(4,7-3)18-16-13-10-9-12-15(16)6-2/h6,9-10,12-13H,2,5,7-8,11,14H2,1,3-4H3. The van der Waals surface area contributed by atoms with E-state index in [1.807, 2.05) is 30.3 Å². The van der Waals surface area contributed by atoms with Crippen molar-refractivity contribution < 1.29 is 4.74 Å². The van der Waals surface area contributed by atoms with Crippen LogP contribution in [0.3, 0.4) is 0 Å². The highest BCUT2D eigenvalue weighted by Gasteiger charge is 2.24. The molecule has 0 bridgehead atoms. The first-order valence-electron chi connectivity index (χ1n) is 7.05. The molecule has 1 unspecified atom stereocenters. The second-order valence-corrected chi connectivity index (χ2v) is 5.10. The Morgan fingerprint density at radius 1 is 1.22 bits per heavy atom. The first-order valence-corrected chi connectivity index (χ1v) is 7.05. The molecule has 0 fully saturated rings. The van der Waals surface area contributed by atoms with Crippen LogP contribution in [0, 0.1) is 0 Å². The molecule has 18 heavy (non-hydrogen) atoms. The highest BCUT2D eigenvalue weighted by Crippen LogP contribution is 2.29. The van der Waals surface area contributed by atoms with E-state index in [-0.39, 0.29) is 5.60 Å². The summed E-state index contributed by atoms with van der Waals surface area (Å²) >= 11 is 0. The largest absolute Gasteiger partial charge is 0.487 e. The molecule has 0 saturated carbocycles. The Bertz CT molecular complexity index is 370. The zero-order valence-electron chi connectivity index (χ0n) is 12.0. The lowest BCUT2D eigenvalue weighted by molar-refractivity contribution is 0.0717. The third kappa shape index (κ3) is 4.21. The van der Waals surface area contributed by atoms with Gasteiger partial charge in [-0.05, 0) is 32.3 Å². The second-order valence-electron chi connectivity index (χ2n) is 5.10. The molecule has 0 aliphatic rings. The van der Waals surface area contributed by atoms with Gasteiger partial charge in [-0.15, -0.1) is 0 Å². The summed E-state index contributed by atoms with van der Waals surface area (Å²) in [5.74, 6) is 0.952. The summed E-state index contributed by atoms with van der Waals surface area (Å²) in [4.78, 5) is 0. The van der Waals surface area contributed by atoms with Gasteiger partial charge in [-0.25, -0.2) is 0 Å². The summed E-state index contributed by atoms with van der Waals surface area (Å²) in [5.41, 5.74) is 1.02. The highest BCUT2D eigenvalue weighted by molar-refractivity contribution is 5.55. The number of rotatable bonds is 8. The van der Waals surface area contributed by atoms with Crippen molar-refractivity contribution in [1.82, 2.24) is 0 Å². The molecule has 0 aromatic heterocycles. The number of ether oxygens (including phenoxy) is 1. The molecule has 1 atom stereocenters. The fraction of sp³-hybridized carbons (Fsp3) is 0.529. The van der Waals surface area contributed by atoms with E-state index in [0.717, 1.165) is 24.2 Å². The molecule has 0 saturated heterocycles. The van der Waals surface area contributed by atoms with E-state index in [2.05, 4.69) is 27.4 Å². The third-order valence-electron chi connectivity index (χ3n) is 3.55. The molecule has 1 nitrogen and oxygen atoms in total. The zero-order valence-corrected chi connectivity index (χ0v) is 12.0. The minimum absolute atomic E-state index is 0.0612. The maximum absolute atomic E-state index is 6.25. The Labute approximate surface area is 112 Å². The molecular formula is C17H26O. The third-order valence-corrected chi connectivity index (χ3v) is 3.55. The van der Waals surface area contributed by atoms with Crippen molar-refractivity contribution >= 4 is 6.08 Å². The highest BCUT2D eigenvalue weighted by atomic mass is 16.5. The van der Waals surface area contributed by atoms with Crippen molar-refractivity contribution in [2.75, 3.05) is 0 Å². The number of hydrogen-bond donors (Lipinski definition) is 0. The summed E-state index contributed by atoms with van der Waals surface area (Å²) in [6.45, 7) is 10.5. The Hall–Kier alpha value is -1.24. The monoisotopic (exact) mass is 246 g/mol. The molecule has 1 aromatic rings. The molecule has 1 aromatic carbocycles. The lowest BCUT2D eigenvalue weighted by atomic mass is 9.95. The molecule has 0 heterocycles. The molecule has 0 spiro atoms. The predicted molar refractivity (Wildman–Crippen MR) is 80.0 cm³/mol. The average molecular weight is 246 g/mol. The smallest absolute Gasteiger partial charge is 0.127 e. The molecule has 1 rings (SSSR count). The normalized spacial score (nSPS) is 13.9. The van der Waals surface area contributed by atoms with Gasteiger partial charge in [0, 0.05) is 5.56 Å². The molecule has 0 radical (unpaired) electrons.